The minimum absolute atomic E-state index is 0.329. The number of hydrogen-bond donors (Lipinski definition) is 2. The topological polar surface area (TPSA) is 72.3 Å². The van der Waals surface area contributed by atoms with Crippen molar-refractivity contribution in [3.63, 3.8) is 0 Å². The second-order valence-electron chi connectivity index (χ2n) is 5.66. The summed E-state index contributed by atoms with van der Waals surface area (Å²) in [5.41, 5.74) is 10.7. The maximum atomic E-state index is 11.4. The van der Waals surface area contributed by atoms with Crippen LogP contribution in [0.2, 0.25) is 0 Å². The second kappa shape index (κ2) is 4.34. The van der Waals surface area contributed by atoms with E-state index in [1.54, 1.807) is 0 Å². The van der Waals surface area contributed by atoms with E-state index in [9.17, 15) is 4.79 Å². The van der Waals surface area contributed by atoms with Crippen molar-refractivity contribution in [2.45, 2.75) is 50.6 Å². The van der Waals surface area contributed by atoms with Gasteiger partial charge in [0.1, 0.15) is 0 Å². The Labute approximate surface area is 97.3 Å². The first-order valence-corrected chi connectivity index (χ1v) is 6.34. The van der Waals surface area contributed by atoms with Crippen LogP contribution in [0.4, 0.5) is 0 Å². The van der Waals surface area contributed by atoms with Gasteiger partial charge in [-0.15, -0.1) is 0 Å². The summed E-state index contributed by atoms with van der Waals surface area (Å²) in [6.45, 7) is 4.59. The average molecular weight is 225 g/mol. The van der Waals surface area contributed by atoms with Gasteiger partial charge in [-0.05, 0) is 44.6 Å². The first kappa shape index (κ1) is 11.9. The van der Waals surface area contributed by atoms with Gasteiger partial charge < -0.3 is 16.4 Å². The molecule has 92 valence electrons. The minimum atomic E-state index is -0.755. The zero-order valence-corrected chi connectivity index (χ0v) is 10.1. The predicted octanol–water partition coefficient (Wildman–Crippen LogP) is 0.454. The van der Waals surface area contributed by atoms with E-state index in [4.69, 9.17) is 11.5 Å². The van der Waals surface area contributed by atoms with Crippen LogP contribution < -0.4 is 11.5 Å². The number of carbonyl (C=O) groups excluding carboxylic acids is 1. The zero-order chi connectivity index (χ0) is 11.8. The molecule has 4 N–H and O–H groups in total. The molecular formula is C12H23N3O. The molecule has 1 aliphatic heterocycles. The molecule has 0 aromatic carbocycles. The number of nitrogens with two attached hydrogens (primary N) is 2. The largest absolute Gasteiger partial charge is 0.368 e. The first-order valence-electron chi connectivity index (χ1n) is 6.34. The number of rotatable bonds is 2. The first-order chi connectivity index (χ1) is 7.51. The quantitative estimate of drug-likeness (QED) is 0.717. The highest BCUT2D eigenvalue weighted by molar-refractivity contribution is 5.84. The molecule has 2 rings (SSSR count). The van der Waals surface area contributed by atoms with Gasteiger partial charge in [0.15, 0.2) is 0 Å². The normalized spacial score (nSPS) is 41.1. The number of hydrogen-bond acceptors (Lipinski definition) is 3. The third-order valence-corrected chi connectivity index (χ3v) is 4.22. The highest BCUT2D eigenvalue weighted by Gasteiger charge is 2.40. The Kier molecular flexibility index (Phi) is 3.22. The number of primary amides is 1. The third-order valence-electron chi connectivity index (χ3n) is 4.22. The molecule has 0 aromatic heterocycles. The van der Waals surface area contributed by atoms with Crippen LogP contribution in [0, 0.1) is 5.92 Å². The predicted molar refractivity (Wildman–Crippen MR) is 63.7 cm³/mol. The van der Waals surface area contributed by atoms with E-state index in [2.05, 4.69) is 11.8 Å². The lowest BCUT2D eigenvalue weighted by Gasteiger charge is -2.39. The standard InChI is InChI=1S/C12H23N3O/c1-9-4-6-15(8-9)10-3-2-5-12(14,7-10)11(13)16/h9-10H,2-8,14H2,1H3,(H2,13,16). The Morgan fingerprint density at radius 3 is 2.75 bits per heavy atom. The molecule has 1 saturated heterocycles. The summed E-state index contributed by atoms with van der Waals surface area (Å²) >= 11 is 0. The van der Waals surface area contributed by atoms with Crippen LogP contribution in [0.15, 0.2) is 0 Å². The van der Waals surface area contributed by atoms with Crippen LogP contribution in [0.1, 0.15) is 39.0 Å². The van der Waals surface area contributed by atoms with E-state index in [-0.39, 0.29) is 5.91 Å². The van der Waals surface area contributed by atoms with Crippen LogP contribution in [0.25, 0.3) is 0 Å². The van der Waals surface area contributed by atoms with Gasteiger partial charge in [-0.1, -0.05) is 6.92 Å². The van der Waals surface area contributed by atoms with Gasteiger partial charge in [0.2, 0.25) is 5.91 Å². The molecule has 0 aromatic rings. The molecule has 1 saturated carbocycles. The lowest BCUT2D eigenvalue weighted by Crippen LogP contribution is -2.58. The highest BCUT2D eigenvalue weighted by atomic mass is 16.1. The number of amides is 1. The fourth-order valence-corrected chi connectivity index (χ4v) is 3.11. The van der Waals surface area contributed by atoms with Gasteiger partial charge in [0.25, 0.3) is 0 Å². The van der Waals surface area contributed by atoms with Crippen molar-refractivity contribution in [1.82, 2.24) is 4.90 Å². The lowest BCUT2D eigenvalue weighted by molar-refractivity contribution is -0.125. The van der Waals surface area contributed by atoms with Crippen LogP contribution in [-0.4, -0.2) is 35.5 Å². The second-order valence-corrected chi connectivity index (χ2v) is 5.66. The SMILES string of the molecule is CC1CCN(C2CCCC(N)(C(N)=O)C2)C1. The van der Waals surface area contributed by atoms with Crippen molar-refractivity contribution in [3.05, 3.63) is 0 Å². The van der Waals surface area contributed by atoms with Gasteiger partial charge in [0.05, 0.1) is 5.54 Å². The molecule has 1 heterocycles. The van der Waals surface area contributed by atoms with Gasteiger partial charge in [-0.25, -0.2) is 0 Å². The Morgan fingerprint density at radius 2 is 2.19 bits per heavy atom. The van der Waals surface area contributed by atoms with Gasteiger partial charge in [0, 0.05) is 12.6 Å². The Balaban J connectivity index is 1.99. The Morgan fingerprint density at radius 1 is 1.44 bits per heavy atom. The number of likely N-dealkylation sites (tertiary alicyclic amines) is 1. The van der Waals surface area contributed by atoms with Crippen molar-refractivity contribution in [2.75, 3.05) is 13.1 Å². The summed E-state index contributed by atoms with van der Waals surface area (Å²) in [6.07, 6.45) is 4.95. The van der Waals surface area contributed by atoms with Gasteiger partial charge in [-0.2, -0.15) is 0 Å². The molecule has 0 radical (unpaired) electrons. The van der Waals surface area contributed by atoms with Crippen LogP contribution in [-0.2, 0) is 4.79 Å². The Hall–Kier alpha value is -0.610. The van der Waals surface area contributed by atoms with Crippen LogP contribution in [0.3, 0.4) is 0 Å². The molecule has 1 aliphatic carbocycles. The summed E-state index contributed by atoms with van der Waals surface area (Å²) in [4.78, 5) is 13.9. The van der Waals surface area contributed by atoms with Crippen LogP contribution >= 0.6 is 0 Å². The number of carbonyl (C=O) groups is 1. The fourth-order valence-electron chi connectivity index (χ4n) is 3.11. The molecule has 4 nitrogen and oxygen atoms in total. The number of nitrogens with zero attached hydrogens (tertiary/aromatic N) is 1. The average Bonchev–Trinajstić information content (AvgIpc) is 2.65. The molecule has 2 aliphatic rings. The Bertz CT molecular complexity index is 281. The van der Waals surface area contributed by atoms with E-state index in [1.165, 1.54) is 12.8 Å². The molecule has 4 heteroatoms. The smallest absolute Gasteiger partial charge is 0.237 e. The maximum absolute atomic E-state index is 11.4. The van der Waals surface area contributed by atoms with Crippen molar-refractivity contribution >= 4 is 5.91 Å². The molecular weight excluding hydrogens is 202 g/mol. The molecule has 3 atom stereocenters. The highest BCUT2D eigenvalue weighted by Crippen LogP contribution is 2.32. The molecule has 2 fully saturated rings. The van der Waals surface area contributed by atoms with Crippen molar-refractivity contribution in [3.8, 4) is 0 Å². The van der Waals surface area contributed by atoms with Crippen molar-refractivity contribution < 1.29 is 4.79 Å². The van der Waals surface area contributed by atoms with E-state index >= 15 is 0 Å². The zero-order valence-electron chi connectivity index (χ0n) is 10.1. The van der Waals surface area contributed by atoms with E-state index in [0.717, 1.165) is 38.3 Å². The minimum Gasteiger partial charge on any atom is -0.368 e. The van der Waals surface area contributed by atoms with Crippen molar-refractivity contribution in [1.29, 1.82) is 0 Å². The fraction of sp³-hybridized carbons (Fsp3) is 0.917. The van der Waals surface area contributed by atoms with Crippen LogP contribution in [0.5, 0.6) is 0 Å². The van der Waals surface area contributed by atoms with E-state index in [1.807, 2.05) is 0 Å². The molecule has 0 spiro atoms. The van der Waals surface area contributed by atoms with E-state index in [0.29, 0.717) is 6.04 Å². The summed E-state index contributed by atoms with van der Waals surface area (Å²) in [5, 5.41) is 0. The van der Waals surface area contributed by atoms with Gasteiger partial charge in [-0.3, -0.25) is 4.79 Å². The third kappa shape index (κ3) is 2.23. The molecule has 16 heavy (non-hydrogen) atoms. The summed E-state index contributed by atoms with van der Waals surface area (Å²) in [5.74, 6) is 0.451. The summed E-state index contributed by atoms with van der Waals surface area (Å²) in [7, 11) is 0. The van der Waals surface area contributed by atoms with Crippen molar-refractivity contribution in [2.24, 2.45) is 17.4 Å². The monoisotopic (exact) mass is 225 g/mol. The summed E-state index contributed by atoms with van der Waals surface area (Å²) < 4.78 is 0. The van der Waals surface area contributed by atoms with E-state index < -0.39 is 5.54 Å². The maximum Gasteiger partial charge on any atom is 0.237 e. The molecule has 1 amide bonds. The molecule has 0 bridgehead atoms. The summed E-state index contributed by atoms with van der Waals surface area (Å²) in [6, 6.07) is 0.469. The molecule has 3 unspecified atom stereocenters. The van der Waals surface area contributed by atoms with Gasteiger partial charge >= 0.3 is 0 Å². The lowest BCUT2D eigenvalue weighted by atomic mass is 9.78.